The Morgan fingerprint density at radius 3 is 3.04 bits per heavy atom. The summed E-state index contributed by atoms with van der Waals surface area (Å²) in [5, 5.41) is 4.15. The fourth-order valence-electron chi connectivity index (χ4n) is 3.64. The third-order valence-corrected chi connectivity index (χ3v) is 5.16. The molecule has 0 bridgehead atoms. The second-order valence-corrected chi connectivity index (χ2v) is 7.04. The number of likely N-dealkylation sites (tertiary alicyclic amines) is 1. The summed E-state index contributed by atoms with van der Waals surface area (Å²) in [6.07, 6.45) is 7.79. The topological polar surface area (TPSA) is 91.2 Å². The Morgan fingerprint density at radius 1 is 1.29 bits per heavy atom. The van der Waals surface area contributed by atoms with Gasteiger partial charge in [-0.25, -0.2) is 9.97 Å². The average molecular weight is 379 g/mol. The summed E-state index contributed by atoms with van der Waals surface area (Å²) in [4.78, 5) is 29.5. The van der Waals surface area contributed by atoms with Crippen molar-refractivity contribution < 1.29 is 9.18 Å². The molecule has 5 heterocycles. The fraction of sp³-hybridized carbons (Fsp3) is 0.263. The quantitative estimate of drug-likeness (QED) is 0.571. The van der Waals surface area contributed by atoms with E-state index in [2.05, 4.69) is 25.3 Å². The highest BCUT2D eigenvalue weighted by Crippen LogP contribution is 2.28. The summed E-state index contributed by atoms with van der Waals surface area (Å²) < 4.78 is 15.3. The van der Waals surface area contributed by atoms with Crippen LogP contribution in [-0.2, 0) is 4.79 Å². The number of halogens is 1. The highest BCUT2D eigenvalue weighted by atomic mass is 19.1. The number of amides is 1. The zero-order valence-electron chi connectivity index (χ0n) is 15.2. The molecule has 4 aromatic rings. The van der Waals surface area contributed by atoms with Gasteiger partial charge >= 0.3 is 0 Å². The fourth-order valence-corrected chi connectivity index (χ4v) is 3.64. The Bertz CT molecular complexity index is 1200. The van der Waals surface area contributed by atoms with E-state index in [0.717, 1.165) is 22.9 Å². The maximum Gasteiger partial charge on any atom is 0.224 e. The number of carbonyl (C=O) groups excluding carboxylic acids is 1. The van der Waals surface area contributed by atoms with E-state index >= 15 is 0 Å². The second kappa shape index (κ2) is 6.29. The number of pyridine rings is 1. The van der Waals surface area contributed by atoms with Crippen LogP contribution < -0.4 is 5.32 Å². The number of carbonyl (C=O) groups is 1. The van der Waals surface area contributed by atoms with Crippen LogP contribution in [0.1, 0.15) is 12.8 Å². The summed E-state index contributed by atoms with van der Waals surface area (Å²) >= 11 is 0. The van der Waals surface area contributed by atoms with E-state index < -0.39 is 5.95 Å². The van der Waals surface area contributed by atoms with Gasteiger partial charge < -0.3 is 15.2 Å². The maximum absolute atomic E-state index is 13.8. The zero-order chi connectivity index (χ0) is 19.3. The van der Waals surface area contributed by atoms with E-state index in [-0.39, 0.29) is 11.9 Å². The third kappa shape index (κ3) is 2.75. The molecule has 8 nitrogen and oxygen atoms in total. The highest BCUT2D eigenvalue weighted by molar-refractivity contribution is 5.93. The Hall–Kier alpha value is -3.49. The van der Waals surface area contributed by atoms with Crippen molar-refractivity contribution in [1.82, 2.24) is 29.2 Å². The van der Waals surface area contributed by atoms with E-state index in [9.17, 15) is 9.18 Å². The monoisotopic (exact) mass is 379 g/mol. The van der Waals surface area contributed by atoms with Gasteiger partial charge in [-0.2, -0.15) is 9.37 Å². The van der Waals surface area contributed by atoms with Crippen LogP contribution in [0, 0.1) is 5.95 Å². The molecule has 0 radical (unpaired) electrons. The number of likely N-dealkylation sites (N-methyl/N-ethyl adjacent to an activating group) is 1. The standard InChI is InChI=1S/C19H18FN7O/c1-26-10-12(3-5-17(26)28)24-19-23-7-14-13(6-22-18(14)25-19)11-2-4-16-21-8-15(20)27(16)9-11/h2,4,6-9,12H,3,5,10H2,1H3,(H2,22,23,24,25)/t12-/m1/s1. The summed E-state index contributed by atoms with van der Waals surface area (Å²) in [7, 11) is 1.80. The van der Waals surface area contributed by atoms with Crippen molar-refractivity contribution in [3.63, 3.8) is 0 Å². The van der Waals surface area contributed by atoms with Gasteiger partial charge in [0.15, 0.2) is 0 Å². The molecule has 142 valence electrons. The molecule has 1 aliphatic rings. The molecular formula is C19H18FN7O. The SMILES string of the molecule is CN1C[C@H](Nc2ncc3c(-c4ccc5ncc(F)n5c4)c[nH]c3n2)CCC1=O. The molecule has 0 spiro atoms. The number of imidazole rings is 1. The van der Waals surface area contributed by atoms with E-state index in [1.54, 1.807) is 30.4 Å². The summed E-state index contributed by atoms with van der Waals surface area (Å²) in [6.45, 7) is 0.632. The van der Waals surface area contributed by atoms with E-state index in [0.29, 0.717) is 30.2 Å². The molecule has 1 amide bonds. The van der Waals surface area contributed by atoms with Gasteiger partial charge in [0.1, 0.15) is 11.3 Å². The van der Waals surface area contributed by atoms with Crippen LogP contribution in [-0.4, -0.2) is 54.8 Å². The van der Waals surface area contributed by atoms with Gasteiger partial charge in [0, 0.05) is 61.2 Å². The van der Waals surface area contributed by atoms with Crippen molar-refractivity contribution in [2.45, 2.75) is 18.9 Å². The number of H-pyrrole nitrogens is 1. The number of nitrogens with one attached hydrogen (secondary N) is 2. The lowest BCUT2D eigenvalue weighted by molar-refractivity contribution is -0.132. The predicted molar refractivity (Wildman–Crippen MR) is 102 cm³/mol. The largest absolute Gasteiger partial charge is 0.350 e. The van der Waals surface area contributed by atoms with Gasteiger partial charge in [-0.3, -0.25) is 9.20 Å². The lowest BCUT2D eigenvalue weighted by atomic mass is 10.1. The molecule has 4 aromatic heterocycles. The Morgan fingerprint density at radius 2 is 2.18 bits per heavy atom. The molecule has 5 rings (SSSR count). The predicted octanol–water partition coefficient (Wildman–Crippen LogP) is 2.44. The number of aromatic amines is 1. The molecule has 28 heavy (non-hydrogen) atoms. The molecule has 1 saturated heterocycles. The van der Waals surface area contributed by atoms with Crippen molar-refractivity contribution in [3.8, 4) is 11.1 Å². The van der Waals surface area contributed by atoms with Crippen molar-refractivity contribution in [1.29, 1.82) is 0 Å². The minimum atomic E-state index is -0.407. The van der Waals surface area contributed by atoms with E-state index in [1.807, 2.05) is 12.3 Å². The first kappa shape index (κ1) is 16.7. The van der Waals surface area contributed by atoms with Crippen molar-refractivity contribution in [2.24, 2.45) is 0 Å². The number of anilines is 1. The molecule has 0 aliphatic carbocycles. The minimum absolute atomic E-state index is 0.126. The van der Waals surface area contributed by atoms with Crippen LogP contribution in [0.3, 0.4) is 0 Å². The molecule has 1 aliphatic heterocycles. The average Bonchev–Trinajstić information content (AvgIpc) is 3.28. The molecule has 0 unspecified atom stereocenters. The molecule has 0 saturated carbocycles. The number of hydrogen-bond acceptors (Lipinski definition) is 5. The van der Waals surface area contributed by atoms with Crippen LogP contribution in [0.4, 0.5) is 10.3 Å². The number of fused-ring (bicyclic) bond motifs is 2. The first-order chi connectivity index (χ1) is 13.6. The lowest BCUT2D eigenvalue weighted by Gasteiger charge is -2.30. The molecule has 9 heteroatoms. The number of hydrogen-bond donors (Lipinski definition) is 2. The smallest absolute Gasteiger partial charge is 0.224 e. The van der Waals surface area contributed by atoms with Gasteiger partial charge in [-0.05, 0) is 18.6 Å². The first-order valence-electron chi connectivity index (χ1n) is 9.06. The highest BCUT2D eigenvalue weighted by Gasteiger charge is 2.23. The molecule has 1 fully saturated rings. The molecular weight excluding hydrogens is 361 g/mol. The van der Waals surface area contributed by atoms with Gasteiger partial charge in [-0.15, -0.1) is 0 Å². The number of piperidine rings is 1. The van der Waals surface area contributed by atoms with E-state index in [4.69, 9.17) is 0 Å². The second-order valence-electron chi connectivity index (χ2n) is 7.04. The van der Waals surface area contributed by atoms with Crippen LogP contribution >= 0.6 is 0 Å². The normalized spacial score (nSPS) is 17.6. The van der Waals surface area contributed by atoms with Gasteiger partial charge in [0.2, 0.25) is 17.8 Å². The van der Waals surface area contributed by atoms with E-state index in [1.165, 1.54) is 10.6 Å². The lowest BCUT2D eigenvalue weighted by Crippen LogP contribution is -2.43. The number of aromatic nitrogens is 5. The van der Waals surface area contributed by atoms with Crippen molar-refractivity contribution in [3.05, 3.63) is 42.9 Å². The van der Waals surface area contributed by atoms with Crippen molar-refractivity contribution in [2.75, 3.05) is 18.9 Å². The van der Waals surface area contributed by atoms with Gasteiger partial charge in [0.05, 0.1) is 6.20 Å². The summed E-state index contributed by atoms with van der Waals surface area (Å²) in [6, 6.07) is 3.79. The van der Waals surface area contributed by atoms with Gasteiger partial charge in [0.25, 0.3) is 0 Å². The molecule has 0 aromatic carbocycles. The minimum Gasteiger partial charge on any atom is -0.350 e. The number of nitrogens with zero attached hydrogens (tertiary/aromatic N) is 5. The van der Waals surface area contributed by atoms with Crippen LogP contribution in [0.15, 0.2) is 36.9 Å². The number of rotatable bonds is 3. The molecule has 1 atom stereocenters. The van der Waals surface area contributed by atoms with Gasteiger partial charge in [-0.1, -0.05) is 0 Å². The molecule has 2 N–H and O–H groups in total. The summed E-state index contributed by atoms with van der Waals surface area (Å²) in [5.74, 6) is 0.273. The third-order valence-electron chi connectivity index (χ3n) is 5.16. The first-order valence-corrected chi connectivity index (χ1v) is 9.06. The Balaban J connectivity index is 1.44. The van der Waals surface area contributed by atoms with Crippen LogP contribution in [0.2, 0.25) is 0 Å². The summed E-state index contributed by atoms with van der Waals surface area (Å²) in [5.41, 5.74) is 2.98. The van der Waals surface area contributed by atoms with Crippen LogP contribution in [0.25, 0.3) is 27.8 Å². The van der Waals surface area contributed by atoms with Crippen LogP contribution in [0.5, 0.6) is 0 Å². The maximum atomic E-state index is 13.8. The van der Waals surface area contributed by atoms with Crippen molar-refractivity contribution >= 4 is 28.5 Å². The zero-order valence-corrected chi connectivity index (χ0v) is 15.2. The Labute approximate surface area is 159 Å². The Kier molecular flexibility index (Phi) is 3.75.